The second kappa shape index (κ2) is 5.20. The van der Waals surface area contributed by atoms with Gasteiger partial charge in [-0.15, -0.1) is 0 Å². The van der Waals surface area contributed by atoms with E-state index in [0.29, 0.717) is 0 Å². The maximum atomic E-state index is 5.89. The van der Waals surface area contributed by atoms with E-state index in [-0.39, 0.29) is 0 Å². The minimum atomic E-state index is 0.750. The Kier molecular flexibility index (Phi) is 4.97. The summed E-state index contributed by atoms with van der Waals surface area (Å²) in [6.45, 7) is 9.77. The Balaban J connectivity index is 4.70. The molecule has 0 saturated heterocycles. The highest BCUT2D eigenvalue weighted by Gasteiger charge is 1.98. The van der Waals surface area contributed by atoms with Crippen LogP contribution in [0, 0.1) is 0 Å². The summed E-state index contributed by atoms with van der Waals surface area (Å²) < 4.78 is 0. The van der Waals surface area contributed by atoms with E-state index in [1.54, 1.807) is 6.08 Å². The van der Waals surface area contributed by atoms with Gasteiger partial charge in [0.15, 0.2) is 0 Å². The Morgan fingerprint density at radius 1 is 1.55 bits per heavy atom. The molecule has 0 unspecified atom stereocenters. The molecule has 0 bridgehead atoms. The summed E-state index contributed by atoms with van der Waals surface area (Å²) in [7, 11) is 0. The summed E-state index contributed by atoms with van der Waals surface area (Å²) >= 11 is 5.89. The van der Waals surface area contributed by atoms with Gasteiger partial charge in [-0.3, -0.25) is 0 Å². The van der Waals surface area contributed by atoms with Crippen LogP contribution in [0.2, 0.25) is 0 Å². The van der Waals surface area contributed by atoms with E-state index in [9.17, 15) is 0 Å². The molecule has 0 nitrogen and oxygen atoms in total. The Morgan fingerprint density at radius 3 is 2.36 bits per heavy atom. The van der Waals surface area contributed by atoms with Gasteiger partial charge in [0.1, 0.15) is 0 Å². The zero-order chi connectivity index (χ0) is 8.85. The molecule has 0 aromatic carbocycles. The Hall–Kier alpha value is -0.490. The van der Waals surface area contributed by atoms with Crippen LogP contribution >= 0.6 is 11.6 Å². The standard InChI is InChI=1S/C10H15Cl/c1-5-9(6-2)8(4)10(11)7-3/h5,7H,3,6H2,1-2,4H3/b9-5-,10-8+. The van der Waals surface area contributed by atoms with Gasteiger partial charge < -0.3 is 0 Å². The smallest absolute Gasteiger partial charge is 0.0431 e. The van der Waals surface area contributed by atoms with Gasteiger partial charge in [0, 0.05) is 5.03 Å². The molecular weight excluding hydrogens is 156 g/mol. The molecule has 0 spiro atoms. The van der Waals surface area contributed by atoms with Crippen LogP contribution in [0.1, 0.15) is 27.2 Å². The van der Waals surface area contributed by atoms with Crippen molar-refractivity contribution in [2.45, 2.75) is 27.2 Å². The highest BCUT2D eigenvalue weighted by molar-refractivity contribution is 6.31. The molecule has 0 atom stereocenters. The van der Waals surface area contributed by atoms with Crippen LogP contribution in [-0.4, -0.2) is 0 Å². The number of hydrogen-bond acceptors (Lipinski definition) is 0. The second-order valence-corrected chi connectivity index (χ2v) is 2.75. The molecule has 0 fully saturated rings. The number of hydrogen-bond donors (Lipinski definition) is 0. The summed E-state index contributed by atoms with van der Waals surface area (Å²) in [6, 6.07) is 0. The van der Waals surface area contributed by atoms with E-state index in [2.05, 4.69) is 19.6 Å². The number of rotatable bonds is 3. The fourth-order valence-corrected chi connectivity index (χ4v) is 1.11. The molecule has 62 valence electrons. The first-order chi connectivity index (χ1) is 5.17. The molecule has 0 aromatic heterocycles. The third-order valence-corrected chi connectivity index (χ3v) is 2.19. The number of allylic oxidation sites excluding steroid dienone is 5. The predicted molar refractivity (Wildman–Crippen MR) is 52.8 cm³/mol. The second-order valence-electron chi connectivity index (χ2n) is 2.34. The molecule has 1 heteroatoms. The van der Waals surface area contributed by atoms with E-state index in [0.717, 1.165) is 17.0 Å². The minimum Gasteiger partial charge on any atom is -0.0976 e. The molecule has 0 rings (SSSR count). The molecule has 0 aliphatic carbocycles. The Labute approximate surface area is 74.3 Å². The first-order valence-electron chi connectivity index (χ1n) is 3.81. The molecule has 11 heavy (non-hydrogen) atoms. The lowest BCUT2D eigenvalue weighted by Gasteiger charge is -2.04. The summed E-state index contributed by atoms with van der Waals surface area (Å²) in [5.41, 5.74) is 2.42. The van der Waals surface area contributed by atoms with Crippen molar-refractivity contribution in [3.05, 3.63) is 34.9 Å². The van der Waals surface area contributed by atoms with E-state index >= 15 is 0 Å². The Morgan fingerprint density at radius 2 is 2.09 bits per heavy atom. The van der Waals surface area contributed by atoms with Crippen molar-refractivity contribution >= 4 is 11.6 Å². The molecule has 0 aromatic rings. The minimum absolute atomic E-state index is 0.750. The van der Waals surface area contributed by atoms with Gasteiger partial charge >= 0.3 is 0 Å². The topological polar surface area (TPSA) is 0 Å². The average Bonchev–Trinajstić information content (AvgIpc) is 2.05. The summed E-state index contributed by atoms with van der Waals surface area (Å²) in [5.74, 6) is 0. The van der Waals surface area contributed by atoms with Crippen molar-refractivity contribution in [3.8, 4) is 0 Å². The first-order valence-corrected chi connectivity index (χ1v) is 4.19. The number of halogens is 1. The van der Waals surface area contributed by atoms with E-state index in [1.165, 1.54) is 5.57 Å². The third kappa shape index (κ3) is 2.94. The van der Waals surface area contributed by atoms with Crippen LogP contribution in [-0.2, 0) is 0 Å². The quantitative estimate of drug-likeness (QED) is 0.561. The van der Waals surface area contributed by atoms with E-state index in [4.69, 9.17) is 11.6 Å². The van der Waals surface area contributed by atoms with Gasteiger partial charge in [-0.2, -0.15) is 0 Å². The van der Waals surface area contributed by atoms with Gasteiger partial charge in [0.2, 0.25) is 0 Å². The van der Waals surface area contributed by atoms with Gasteiger partial charge in [-0.25, -0.2) is 0 Å². The van der Waals surface area contributed by atoms with Gasteiger partial charge in [-0.1, -0.05) is 37.3 Å². The largest absolute Gasteiger partial charge is 0.0976 e. The highest BCUT2D eigenvalue weighted by atomic mass is 35.5. The molecule has 0 radical (unpaired) electrons. The fourth-order valence-electron chi connectivity index (χ4n) is 0.992. The van der Waals surface area contributed by atoms with Gasteiger partial charge in [0.25, 0.3) is 0 Å². The highest BCUT2D eigenvalue weighted by Crippen LogP contribution is 2.20. The SMILES string of the molecule is C=C/C(Cl)=C(C)\C(=C/C)CC. The van der Waals surface area contributed by atoms with Crippen LogP contribution in [0.4, 0.5) is 0 Å². The molecule has 0 aliphatic rings. The Bertz CT molecular complexity index is 197. The maximum absolute atomic E-state index is 5.89. The van der Waals surface area contributed by atoms with Crippen LogP contribution < -0.4 is 0 Å². The monoisotopic (exact) mass is 170 g/mol. The lowest BCUT2D eigenvalue weighted by molar-refractivity contribution is 1.09. The molecule has 0 aliphatic heterocycles. The van der Waals surface area contributed by atoms with Gasteiger partial charge in [-0.05, 0) is 31.4 Å². The van der Waals surface area contributed by atoms with Crippen molar-refractivity contribution in [3.63, 3.8) is 0 Å². The van der Waals surface area contributed by atoms with Crippen LogP contribution in [0.5, 0.6) is 0 Å². The van der Waals surface area contributed by atoms with Crippen LogP contribution in [0.25, 0.3) is 0 Å². The predicted octanol–water partition coefficient (Wildman–Crippen LogP) is 4.04. The zero-order valence-corrected chi connectivity index (χ0v) is 8.20. The van der Waals surface area contributed by atoms with Crippen molar-refractivity contribution in [1.82, 2.24) is 0 Å². The lowest BCUT2D eigenvalue weighted by Crippen LogP contribution is -1.84. The molecule has 0 saturated carbocycles. The fraction of sp³-hybridized carbons (Fsp3) is 0.400. The zero-order valence-electron chi connectivity index (χ0n) is 7.45. The summed E-state index contributed by atoms with van der Waals surface area (Å²) in [6.07, 6.45) is 4.78. The lowest BCUT2D eigenvalue weighted by atomic mass is 10.1. The van der Waals surface area contributed by atoms with E-state index in [1.807, 2.05) is 13.8 Å². The molecule has 0 heterocycles. The normalized spacial score (nSPS) is 14.4. The van der Waals surface area contributed by atoms with Crippen LogP contribution in [0.15, 0.2) is 34.9 Å². The third-order valence-electron chi connectivity index (χ3n) is 1.75. The first kappa shape index (κ1) is 10.5. The maximum Gasteiger partial charge on any atom is 0.0431 e. The van der Waals surface area contributed by atoms with Gasteiger partial charge in [0.05, 0.1) is 0 Å². The van der Waals surface area contributed by atoms with Crippen molar-refractivity contribution in [2.75, 3.05) is 0 Å². The molecule has 0 amide bonds. The average molecular weight is 171 g/mol. The summed E-state index contributed by atoms with van der Waals surface area (Å²) in [5, 5.41) is 0.750. The van der Waals surface area contributed by atoms with E-state index < -0.39 is 0 Å². The summed E-state index contributed by atoms with van der Waals surface area (Å²) in [4.78, 5) is 0. The van der Waals surface area contributed by atoms with Crippen molar-refractivity contribution in [1.29, 1.82) is 0 Å². The van der Waals surface area contributed by atoms with Crippen LogP contribution in [0.3, 0.4) is 0 Å². The van der Waals surface area contributed by atoms with Crippen molar-refractivity contribution < 1.29 is 0 Å². The molecule has 0 N–H and O–H groups in total. The molecular formula is C10H15Cl. The van der Waals surface area contributed by atoms with Crippen molar-refractivity contribution in [2.24, 2.45) is 0 Å².